The van der Waals surface area contributed by atoms with E-state index >= 15 is 0 Å². The second-order valence-corrected chi connectivity index (χ2v) is 6.05. The number of nitrogens with one attached hydrogen (secondary N) is 1. The summed E-state index contributed by atoms with van der Waals surface area (Å²) in [6.07, 6.45) is 1.01. The Balaban J connectivity index is 1.82. The van der Waals surface area contributed by atoms with Crippen molar-refractivity contribution in [1.82, 2.24) is 10.2 Å². The van der Waals surface area contributed by atoms with E-state index in [1.165, 1.54) is 24.3 Å². The van der Waals surface area contributed by atoms with Crippen molar-refractivity contribution in [1.29, 1.82) is 0 Å². The van der Waals surface area contributed by atoms with E-state index < -0.39 is 17.3 Å². The molecule has 118 valence electrons. The van der Waals surface area contributed by atoms with Gasteiger partial charge >= 0.3 is 0 Å². The van der Waals surface area contributed by atoms with Crippen LogP contribution in [0.15, 0.2) is 24.3 Å². The first-order valence-electron chi connectivity index (χ1n) is 7.54. The zero-order valence-electron chi connectivity index (χ0n) is 12.2. The Labute approximate surface area is 128 Å². The lowest BCUT2D eigenvalue weighted by Gasteiger charge is -2.46. The lowest BCUT2D eigenvalue weighted by molar-refractivity contribution is -0.147. The molecule has 0 bridgehead atoms. The SMILES string of the molecule is O=C(c1ccc(F)cc1)N1CC[C@@H](O)[C@@]2(CCCNC2=O)C1. The van der Waals surface area contributed by atoms with E-state index in [4.69, 9.17) is 0 Å². The van der Waals surface area contributed by atoms with E-state index in [1.54, 1.807) is 4.90 Å². The van der Waals surface area contributed by atoms with Crippen molar-refractivity contribution in [3.8, 4) is 0 Å². The molecule has 3 rings (SSSR count). The lowest BCUT2D eigenvalue weighted by Crippen LogP contribution is -2.62. The molecule has 1 aromatic carbocycles. The van der Waals surface area contributed by atoms with E-state index in [0.717, 1.165) is 6.42 Å². The fourth-order valence-electron chi connectivity index (χ4n) is 3.39. The number of piperidine rings is 2. The van der Waals surface area contributed by atoms with Crippen LogP contribution >= 0.6 is 0 Å². The second-order valence-electron chi connectivity index (χ2n) is 6.05. The van der Waals surface area contributed by atoms with Crippen LogP contribution in [0.1, 0.15) is 29.6 Å². The highest BCUT2D eigenvalue weighted by Gasteiger charge is 2.50. The second kappa shape index (κ2) is 5.68. The molecule has 2 atom stereocenters. The molecule has 2 fully saturated rings. The molecule has 0 unspecified atom stereocenters. The van der Waals surface area contributed by atoms with Crippen molar-refractivity contribution in [2.24, 2.45) is 5.41 Å². The van der Waals surface area contributed by atoms with E-state index in [-0.39, 0.29) is 18.4 Å². The van der Waals surface area contributed by atoms with Gasteiger partial charge in [0.15, 0.2) is 0 Å². The zero-order chi connectivity index (χ0) is 15.7. The first-order chi connectivity index (χ1) is 10.5. The molecule has 22 heavy (non-hydrogen) atoms. The number of aliphatic hydroxyl groups excluding tert-OH is 1. The summed E-state index contributed by atoms with van der Waals surface area (Å²) in [4.78, 5) is 26.4. The Morgan fingerprint density at radius 3 is 2.77 bits per heavy atom. The average molecular weight is 306 g/mol. The van der Waals surface area contributed by atoms with Crippen molar-refractivity contribution in [3.63, 3.8) is 0 Å². The molecule has 0 aromatic heterocycles. The standard InChI is InChI=1S/C16H19FN2O3/c17-12-4-2-11(3-5-12)14(21)19-9-6-13(20)16(10-19)7-1-8-18-15(16)22/h2-5,13,20H,1,6-10H2,(H,18,22)/t13-,16-/m1/s1. The molecule has 1 spiro atoms. The molecule has 2 N–H and O–H groups in total. The Kier molecular flexibility index (Phi) is 3.87. The van der Waals surface area contributed by atoms with Crippen LogP contribution in [0.2, 0.25) is 0 Å². The molecular formula is C16H19FN2O3. The summed E-state index contributed by atoms with van der Waals surface area (Å²) >= 11 is 0. The van der Waals surface area contributed by atoms with Crippen LogP contribution in [0.3, 0.4) is 0 Å². The van der Waals surface area contributed by atoms with Gasteiger partial charge in [-0.3, -0.25) is 9.59 Å². The molecular weight excluding hydrogens is 287 g/mol. The maximum Gasteiger partial charge on any atom is 0.253 e. The minimum absolute atomic E-state index is 0.178. The number of aliphatic hydroxyl groups is 1. The topological polar surface area (TPSA) is 69.6 Å². The Hall–Kier alpha value is -1.95. The van der Waals surface area contributed by atoms with Gasteiger partial charge in [-0.05, 0) is 43.5 Å². The fourth-order valence-corrected chi connectivity index (χ4v) is 3.39. The van der Waals surface area contributed by atoms with Crippen LogP contribution in [0, 0.1) is 11.2 Å². The number of amides is 2. The Morgan fingerprint density at radius 2 is 2.09 bits per heavy atom. The monoisotopic (exact) mass is 306 g/mol. The summed E-state index contributed by atoms with van der Waals surface area (Å²) in [5.74, 6) is -0.804. The quantitative estimate of drug-likeness (QED) is 0.811. The Bertz CT molecular complexity index is 590. The van der Waals surface area contributed by atoms with Gasteiger partial charge in [-0.25, -0.2) is 4.39 Å². The number of hydrogen-bond donors (Lipinski definition) is 2. The summed E-state index contributed by atoms with van der Waals surface area (Å²) in [6, 6.07) is 5.37. The van der Waals surface area contributed by atoms with E-state index in [2.05, 4.69) is 5.32 Å². The third-order valence-electron chi connectivity index (χ3n) is 4.70. The summed E-state index contributed by atoms with van der Waals surface area (Å²) in [7, 11) is 0. The predicted octanol–water partition coefficient (Wildman–Crippen LogP) is 0.929. The van der Waals surface area contributed by atoms with Crippen molar-refractivity contribution >= 4 is 11.8 Å². The zero-order valence-corrected chi connectivity index (χ0v) is 12.2. The number of halogens is 1. The average Bonchev–Trinajstić information content (AvgIpc) is 2.53. The summed E-state index contributed by atoms with van der Waals surface area (Å²) in [6.45, 7) is 1.21. The Morgan fingerprint density at radius 1 is 1.36 bits per heavy atom. The highest BCUT2D eigenvalue weighted by Crippen LogP contribution is 2.37. The van der Waals surface area contributed by atoms with Crippen LogP contribution in [0.25, 0.3) is 0 Å². The van der Waals surface area contributed by atoms with Gasteiger partial charge in [0.1, 0.15) is 5.82 Å². The fraction of sp³-hybridized carbons (Fsp3) is 0.500. The molecule has 2 aliphatic rings. The maximum absolute atomic E-state index is 13.0. The molecule has 0 aliphatic carbocycles. The molecule has 5 nitrogen and oxygen atoms in total. The molecule has 1 aromatic rings. The van der Waals surface area contributed by atoms with E-state index in [9.17, 15) is 19.1 Å². The number of nitrogens with zero attached hydrogens (tertiary/aromatic N) is 1. The molecule has 0 radical (unpaired) electrons. The van der Waals surface area contributed by atoms with Crippen molar-refractivity contribution in [2.75, 3.05) is 19.6 Å². The van der Waals surface area contributed by atoms with Gasteiger partial charge in [-0.2, -0.15) is 0 Å². The summed E-state index contributed by atoms with van der Waals surface area (Å²) < 4.78 is 13.0. The van der Waals surface area contributed by atoms with Gasteiger partial charge < -0.3 is 15.3 Å². The molecule has 2 aliphatic heterocycles. The molecule has 2 heterocycles. The third kappa shape index (κ3) is 2.47. The van der Waals surface area contributed by atoms with Crippen LogP contribution in [-0.2, 0) is 4.79 Å². The highest BCUT2D eigenvalue weighted by atomic mass is 19.1. The van der Waals surface area contributed by atoms with Gasteiger partial charge in [0.2, 0.25) is 5.91 Å². The van der Waals surface area contributed by atoms with Crippen molar-refractivity contribution in [3.05, 3.63) is 35.6 Å². The minimum atomic E-state index is -0.911. The molecule has 2 amide bonds. The first kappa shape index (κ1) is 15.0. The molecule has 0 saturated carbocycles. The van der Waals surface area contributed by atoms with Gasteiger partial charge in [0, 0.05) is 25.2 Å². The van der Waals surface area contributed by atoms with Crippen LogP contribution in [-0.4, -0.2) is 47.6 Å². The third-order valence-corrected chi connectivity index (χ3v) is 4.70. The molecule has 2 saturated heterocycles. The summed E-state index contributed by atoms with van der Waals surface area (Å²) in [5.41, 5.74) is -0.518. The summed E-state index contributed by atoms with van der Waals surface area (Å²) in [5, 5.41) is 13.1. The predicted molar refractivity (Wildman–Crippen MR) is 77.6 cm³/mol. The first-order valence-corrected chi connectivity index (χ1v) is 7.54. The largest absolute Gasteiger partial charge is 0.392 e. The number of hydrogen-bond acceptors (Lipinski definition) is 3. The minimum Gasteiger partial charge on any atom is -0.392 e. The van der Waals surface area contributed by atoms with Gasteiger partial charge in [0.05, 0.1) is 11.5 Å². The van der Waals surface area contributed by atoms with Gasteiger partial charge in [0.25, 0.3) is 5.91 Å². The number of carbonyl (C=O) groups excluding carboxylic acids is 2. The number of benzene rings is 1. The smallest absolute Gasteiger partial charge is 0.253 e. The number of carbonyl (C=O) groups is 2. The van der Waals surface area contributed by atoms with E-state index in [1.807, 2.05) is 0 Å². The maximum atomic E-state index is 13.0. The van der Waals surface area contributed by atoms with Crippen LogP contribution in [0.5, 0.6) is 0 Å². The lowest BCUT2D eigenvalue weighted by atomic mass is 9.71. The highest BCUT2D eigenvalue weighted by molar-refractivity contribution is 5.95. The normalized spacial score (nSPS) is 28.5. The number of rotatable bonds is 1. The van der Waals surface area contributed by atoms with Gasteiger partial charge in [-0.15, -0.1) is 0 Å². The van der Waals surface area contributed by atoms with Crippen LogP contribution in [0.4, 0.5) is 4.39 Å². The van der Waals surface area contributed by atoms with Crippen molar-refractivity contribution in [2.45, 2.75) is 25.4 Å². The van der Waals surface area contributed by atoms with Crippen LogP contribution < -0.4 is 5.32 Å². The number of likely N-dealkylation sites (tertiary alicyclic amines) is 1. The molecule has 6 heteroatoms. The van der Waals surface area contributed by atoms with Gasteiger partial charge in [-0.1, -0.05) is 0 Å². The van der Waals surface area contributed by atoms with Crippen molar-refractivity contribution < 1.29 is 19.1 Å². The van der Waals surface area contributed by atoms with E-state index in [0.29, 0.717) is 31.5 Å².